The highest BCUT2D eigenvalue weighted by Gasteiger charge is 2.29. The molecule has 0 aliphatic heterocycles. The summed E-state index contributed by atoms with van der Waals surface area (Å²) in [5, 5.41) is 20.0. The highest BCUT2D eigenvalue weighted by atomic mass is 16.3. The van der Waals surface area contributed by atoms with Crippen LogP contribution in [0.5, 0.6) is 5.75 Å². The Morgan fingerprint density at radius 2 is 1.73 bits per heavy atom. The fourth-order valence-electron chi connectivity index (χ4n) is 2.40. The van der Waals surface area contributed by atoms with Gasteiger partial charge in [-0.05, 0) is 24.5 Å². The molecule has 1 fully saturated rings. The van der Waals surface area contributed by atoms with Gasteiger partial charge in [-0.25, -0.2) is 0 Å². The number of rotatable bonds is 2. The third kappa shape index (κ3) is 2.51. The van der Waals surface area contributed by atoms with Crippen molar-refractivity contribution in [2.45, 2.75) is 44.1 Å². The minimum absolute atomic E-state index is 0.302. The van der Waals surface area contributed by atoms with E-state index in [0.29, 0.717) is 12.2 Å². The van der Waals surface area contributed by atoms with Crippen LogP contribution < -0.4 is 0 Å². The number of phenolic OH excluding ortho intramolecular Hbond substituents is 1. The van der Waals surface area contributed by atoms with Gasteiger partial charge < -0.3 is 10.2 Å². The molecule has 0 saturated heterocycles. The van der Waals surface area contributed by atoms with E-state index in [1.807, 2.05) is 18.2 Å². The van der Waals surface area contributed by atoms with Crippen LogP contribution in [0.3, 0.4) is 0 Å². The first-order valence-corrected chi connectivity index (χ1v) is 5.69. The first kappa shape index (κ1) is 10.5. The summed E-state index contributed by atoms with van der Waals surface area (Å²) in [6.45, 7) is 0. The summed E-state index contributed by atoms with van der Waals surface area (Å²) < 4.78 is 0. The van der Waals surface area contributed by atoms with E-state index in [-0.39, 0.29) is 0 Å². The van der Waals surface area contributed by atoms with E-state index < -0.39 is 5.60 Å². The lowest BCUT2D eigenvalue weighted by molar-refractivity contribution is 0.00404. The normalized spacial score (nSPS) is 20.1. The number of hydrogen-bond donors (Lipinski definition) is 2. The molecule has 1 saturated carbocycles. The predicted molar refractivity (Wildman–Crippen MR) is 59.8 cm³/mol. The Morgan fingerprint density at radius 3 is 2.40 bits per heavy atom. The van der Waals surface area contributed by atoms with Crippen molar-refractivity contribution in [1.29, 1.82) is 0 Å². The number of aliphatic hydroxyl groups is 1. The van der Waals surface area contributed by atoms with Gasteiger partial charge >= 0.3 is 0 Å². The van der Waals surface area contributed by atoms with Crippen molar-refractivity contribution in [3.8, 4) is 5.75 Å². The molecular formula is C13H18O2. The maximum Gasteiger partial charge on any atom is 0.118 e. The van der Waals surface area contributed by atoms with Gasteiger partial charge in [-0.15, -0.1) is 0 Å². The van der Waals surface area contributed by atoms with Crippen molar-refractivity contribution in [1.82, 2.24) is 0 Å². The standard InChI is InChI=1S/C13H18O2/c14-12-7-3-2-6-11(12)10-13(15)8-4-1-5-9-13/h2-3,6-7,14-15H,1,4-5,8-10H2. The molecule has 0 aromatic heterocycles. The largest absolute Gasteiger partial charge is 0.508 e. The number of para-hydroxylation sites is 1. The van der Waals surface area contributed by atoms with Crippen molar-refractivity contribution in [2.75, 3.05) is 0 Å². The molecule has 0 spiro atoms. The van der Waals surface area contributed by atoms with E-state index in [2.05, 4.69) is 0 Å². The SMILES string of the molecule is Oc1ccccc1CC1(O)CCCCC1. The van der Waals surface area contributed by atoms with E-state index in [9.17, 15) is 10.2 Å². The van der Waals surface area contributed by atoms with Crippen LogP contribution in [-0.2, 0) is 6.42 Å². The van der Waals surface area contributed by atoms with Crippen molar-refractivity contribution in [3.63, 3.8) is 0 Å². The third-order valence-corrected chi connectivity index (χ3v) is 3.30. The van der Waals surface area contributed by atoms with Crippen LogP contribution >= 0.6 is 0 Å². The van der Waals surface area contributed by atoms with E-state index >= 15 is 0 Å². The summed E-state index contributed by atoms with van der Waals surface area (Å²) in [6.07, 6.45) is 5.74. The molecule has 0 heterocycles. The predicted octanol–water partition coefficient (Wildman–Crippen LogP) is 2.63. The second-order valence-electron chi connectivity index (χ2n) is 4.59. The molecule has 0 atom stereocenters. The van der Waals surface area contributed by atoms with Gasteiger partial charge in [0.25, 0.3) is 0 Å². The molecule has 0 unspecified atom stereocenters. The summed E-state index contributed by atoms with van der Waals surface area (Å²) in [5.41, 5.74) is 0.277. The maximum absolute atomic E-state index is 10.3. The van der Waals surface area contributed by atoms with Gasteiger partial charge in [-0.1, -0.05) is 37.5 Å². The third-order valence-electron chi connectivity index (χ3n) is 3.30. The van der Waals surface area contributed by atoms with Crippen LogP contribution in [0, 0.1) is 0 Å². The van der Waals surface area contributed by atoms with Crippen molar-refractivity contribution in [2.24, 2.45) is 0 Å². The smallest absolute Gasteiger partial charge is 0.118 e. The zero-order chi connectivity index (χ0) is 10.7. The second kappa shape index (κ2) is 4.23. The lowest BCUT2D eigenvalue weighted by Gasteiger charge is -2.32. The Labute approximate surface area is 90.6 Å². The molecule has 2 nitrogen and oxygen atoms in total. The number of benzene rings is 1. The minimum Gasteiger partial charge on any atom is -0.508 e. The van der Waals surface area contributed by atoms with Crippen molar-refractivity contribution >= 4 is 0 Å². The zero-order valence-electron chi connectivity index (χ0n) is 8.95. The van der Waals surface area contributed by atoms with Gasteiger partial charge in [0.2, 0.25) is 0 Å². The van der Waals surface area contributed by atoms with Gasteiger partial charge in [0.15, 0.2) is 0 Å². The van der Waals surface area contributed by atoms with Crippen LogP contribution in [0.15, 0.2) is 24.3 Å². The lowest BCUT2D eigenvalue weighted by atomic mass is 9.80. The maximum atomic E-state index is 10.3. The molecule has 1 aromatic rings. The summed E-state index contributed by atoms with van der Waals surface area (Å²) in [4.78, 5) is 0. The van der Waals surface area contributed by atoms with Crippen LogP contribution in [0.1, 0.15) is 37.7 Å². The Balaban J connectivity index is 2.10. The van der Waals surface area contributed by atoms with E-state index in [0.717, 1.165) is 31.2 Å². The highest BCUT2D eigenvalue weighted by molar-refractivity contribution is 5.33. The van der Waals surface area contributed by atoms with Crippen LogP contribution in [-0.4, -0.2) is 15.8 Å². The molecule has 2 heteroatoms. The quantitative estimate of drug-likeness (QED) is 0.781. The molecule has 82 valence electrons. The number of phenols is 1. The summed E-state index contributed by atoms with van der Waals surface area (Å²) in [5.74, 6) is 0.302. The zero-order valence-corrected chi connectivity index (χ0v) is 8.95. The molecule has 1 aromatic carbocycles. The molecule has 1 aliphatic carbocycles. The van der Waals surface area contributed by atoms with Gasteiger partial charge in [0.1, 0.15) is 5.75 Å². The molecule has 1 aliphatic rings. The average Bonchev–Trinajstić information content (AvgIpc) is 2.22. The Hall–Kier alpha value is -1.02. The van der Waals surface area contributed by atoms with Crippen molar-refractivity contribution in [3.05, 3.63) is 29.8 Å². The number of aromatic hydroxyl groups is 1. The fraction of sp³-hybridized carbons (Fsp3) is 0.538. The van der Waals surface area contributed by atoms with Gasteiger partial charge in [-0.3, -0.25) is 0 Å². The molecule has 0 amide bonds. The Kier molecular flexibility index (Phi) is 2.96. The van der Waals surface area contributed by atoms with Crippen LogP contribution in [0.4, 0.5) is 0 Å². The minimum atomic E-state index is -0.586. The topological polar surface area (TPSA) is 40.5 Å². The van der Waals surface area contributed by atoms with Gasteiger partial charge in [-0.2, -0.15) is 0 Å². The first-order valence-electron chi connectivity index (χ1n) is 5.69. The molecule has 0 radical (unpaired) electrons. The van der Waals surface area contributed by atoms with E-state index in [1.54, 1.807) is 6.07 Å². The van der Waals surface area contributed by atoms with Gasteiger partial charge in [0.05, 0.1) is 5.60 Å². The van der Waals surface area contributed by atoms with Crippen molar-refractivity contribution < 1.29 is 10.2 Å². The lowest BCUT2D eigenvalue weighted by Crippen LogP contribution is -2.33. The molecular weight excluding hydrogens is 188 g/mol. The summed E-state index contributed by atoms with van der Waals surface area (Å²) in [6, 6.07) is 7.29. The Morgan fingerprint density at radius 1 is 1.07 bits per heavy atom. The first-order chi connectivity index (χ1) is 7.20. The summed E-state index contributed by atoms with van der Waals surface area (Å²) in [7, 11) is 0. The number of hydrogen-bond acceptors (Lipinski definition) is 2. The molecule has 15 heavy (non-hydrogen) atoms. The summed E-state index contributed by atoms with van der Waals surface area (Å²) >= 11 is 0. The van der Waals surface area contributed by atoms with E-state index in [1.165, 1.54) is 6.42 Å². The molecule has 2 N–H and O–H groups in total. The second-order valence-corrected chi connectivity index (χ2v) is 4.59. The average molecular weight is 206 g/mol. The van der Waals surface area contributed by atoms with Crippen LogP contribution in [0.2, 0.25) is 0 Å². The highest BCUT2D eigenvalue weighted by Crippen LogP contribution is 2.33. The molecule has 2 rings (SSSR count). The Bertz CT molecular complexity index is 327. The van der Waals surface area contributed by atoms with E-state index in [4.69, 9.17) is 0 Å². The van der Waals surface area contributed by atoms with Crippen LogP contribution in [0.25, 0.3) is 0 Å². The monoisotopic (exact) mass is 206 g/mol. The fourth-order valence-corrected chi connectivity index (χ4v) is 2.40. The van der Waals surface area contributed by atoms with Gasteiger partial charge in [0, 0.05) is 6.42 Å². The molecule has 0 bridgehead atoms.